The molecular formula is C13H20N2O. The van der Waals surface area contributed by atoms with Crippen LogP contribution < -0.4 is 11.1 Å². The van der Waals surface area contributed by atoms with E-state index < -0.39 is 6.04 Å². The second-order valence-corrected chi connectivity index (χ2v) is 4.58. The first-order valence-corrected chi connectivity index (χ1v) is 5.55. The lowest BCUT2D eigenvalue weighted by Crippen LogP contribution is -2.39. The minimum Gasteiger partial charge on any atom is -0.324 e. The quantitative estimate of drug-likeness (QED) is 0.820. The maximum Gasteiger partial charge on any atom is 0.241 e. The van der Waals surface area contributed by atoms with E-state index in [2.05, 4.69) is 5.32 Å². The number of benzene rings is 1. The number of amides is 1. The van der Waals surface area contributed by atoms with Gasteiger partial charge in [0, 0.05) is 5.69 Å². The first kappa shape index (κ1) is 12.7. The van der Waals surface area contributed by atoms with Crippen LogP contribution in [0.2, 0.25) is 0 Å². The summed E-state index contributed by atoms with van der Waals surface area (Å²) >= 11 is 0. The summed E-state index contributed by atoms with van der Waals surface area (Å²) in [5.41, 5.74) is 8.86. The SMILES string of the molecule is Cc1ccc(NC(=O)[C@@H](N)C(C)C)c(C)c1. The summed E-state index contributed by atoms with van der Waals surface area (Å²) in [5, 5.41) is 2.85. The number of anilines is 1. The van der Waals surface area contributed by atoms with Crippen LogP contribution in [0.25, 0.3) is 0 Å². The van der Waals surface area contributed by atoms with Crippen LogP contribution >= 0.6 is 0 Å². The van der Waals surface area contributed by atoms with Crippen LogP contribution in [0, 0.1) is 19.8 Å². The number of carbonyl (C=O) groups excluding carboxylic acids is 1. The van der Waals surface area contributed by atoms with Crippen molar-refractivity contribution < 1.29 is 4.79 Å². The Balaban J connectivity index is 2.77. The molecule has 1 aromatic rings. The van der Waals surface area contributed by atoms with E-state index in [0.717, 1.165) is 11.3 Å². The fourth-order valence-corrected chi connectivity index (χ4v) is 1.47. The Bertz CT molecular complexity index is 386. The lowest BCUT2D eigenvalue weighted by atomic mass is 10.0. The van der Waals surface area contributed by atoms with Gasteiger partial charge in [0.1, 0.15) is 0 Å². The summed E-state index contributed by atoms with van der Waals surface area (Å²) in [7, 11) is 0. The normalized spacial score (nSPS) is 12.6. The van der Waals surface area contributed by atoms with Gasteiger partial charge >= 0.3 is 0 Å². The summed E-state index contributed by atoms with van der Waals surface area (Å²) in [6.07, 6.45) is 0. The number of hydrogen-bond donors (Lipinski definition) is 2. The zero-order valence-corrected chi connectivity index (χ0v) is 10.4. The number of aryl methyl sites for hydroxylation is 2. The molecule has 88 valence electrons. The Morgan fingerprint density at radius 2 is 1.94 bits per heavy atom. The van der Waals surface area contributed by atoms with Crippen molar-refractivity contribution in [2.24, 2.45) is 11.7 Å². The highest BCUT2D eigenvalue weighted by atomic mass is 16.2. The molecule has 0 unspecified atom stereocenters. The average Bonchev–Trinajstić information content (AvgIpc) is 2.20. The van der Waals surface area contributed by atoms with Crippen molar-refractivity contribution >= 4 is 11.6 Å². The highest BCUT2D eigenvalue weighted by Gasteiger charge is 2.17. The summed E-state index contributed by atoms with van der Waals surface area (Å²) in [5.74, 6) is 0.0210. The molecule has 3 heteroatoms. The van der Waals surface area contributed by atoms with E-state index >= 15 is 0 Å². The zero-order valence-electron chi connectivity index (χ0n) is 10.4. The van der Waals surface area contributed by atoms with Crippen LogP contribution in [0.3, 0.4) is 0 Å². The molecule has 1 aromatic carbocycles. The molecule has 0 fully saturated rings. The van der Waals surface area contributed by atoms with Crippen LogP contribution in [0.1, 0.15) is 25.0 Å². The zero-order chi connectivity index (χ0) is 12.3. The van der Waals surface area contributed by atoms with Gasteiger partial charge in [-0.2, -0.15) is 0 Å². The highest BCUT2D eigenvalue weighted by molar-refractivity contribution is 5.95. The number of rotatable bonds is 3. The van der Waals surface area contributed by atoms with Crippen molar-refractivity contribution in [3.8, 4) is 0 Å². The fourth-order valence-electron chi connectivity index (χ4n) is 1.47. The van der Waals surface area contributed by atoms with Gasteiger partial charge in [0.05, 0.1) is 6.04 Å². The van der Waals surface area contributed by atoms with Gasteiger partial charge in [-0.05, 0) is 31.4 Å². The van der Waals surface area contributed by atoms with E-state index in [4.69, 9.17) is 5.73 Å². The predicted octanol–water partition coefficient (Wildman–Crippen LogP) is 2.23. The second kappa shape index (κ2) is 5.12. The van der Waals surface area contributed by atoms with Gasteiger partial charge in [0.25, 0.3) is 0 Å². The van der Waals surface area contributed by atoms with Gasteiger partial charge in [-0.15, -0.1) is 0 Å². The van der Waals surface area contributed by atoms with Gasteiger partial charge in [-0.1, -0.05) is 31.5 Å². The van der Waals surface area contributed by atoms with E-state index in [1.54, 1.807) is 0 Å². The maximum absolute atomic E-state index is 11.8. The second-order valence-electron chi connectivity index (χ2n) is 4.58. The maximum atomic E-state index is 11.8. The molecule has 1 rings (SSSR count). The Hall–Kier alpha value is -1.35. The molecule has 3 N–H and O–H groups in total. The lowest BCUT2D eigenvalue weighted by molar-refractivity contribution is -0.118. The van der Waals surface area contributed by atoms with Crippen LogP contribution in [-0.2, 0) is 4.79 Å². The molecule has 0 radical (unpaired) electrons. The summed E-state index contributed by atoms with van der Waals surface area (Å²) in [4.78, 5) is 11.8. The van der Waals surface area contributed by atoms with E-state index in [9.17, 15) is 4.79 Å². The Morgan fingerprint density at radius 1 is 1.31 bits per heavy atom. The van der Waals surface area contributed by atoms with Crippen molar-refractivity contribution in [2.45, 2.75) is 33.7 Å². The number of carbonyl (C=O) groups is 1. The van der Waals surface area contributed by atoms with Gasteiger partial charge < -0.3 is 11.1 Å². The first-order valence-electron chi connectivity index (χ1n) is 5.55. The molecule has 1 amide bonds. The van der Waals surface area contributed by atoms with Gasteiger partial charge in [0.2, 0.25) is 5.91 Å². The fraction of sp³-hybridized carbons (Fsp3) is 0.462. The minimum absolute atomic E-state index is 0.123. The number of nitrogens with one attached hydrogen (secondary N) is 1. The Morgan fingerprint density at radius 3 is 2.44 bits per heavy atom. The first-order chi connectivity index (χ1) is 7.41. The molecule has 0 aliphatic carbocycles. The molecule has 0 spiro atoms. The van der Waals surface area contributed by atoms with Crippen molar-refractivity contribution in [2.75, 3.05) is 5.32 Å². The lowest BCUT2D eigenvalue weighted by Gasteiger charge is -2.16. The van der Waals surface area contributed by atoms with E-state index in [0.29, 0.717) is 0 Å². The summed E-state index contributed by atoms with van der Waals surface area (Å²) in [6, 6.07) is 5.47. The molecule has 0 aliphatic heterocycles. The molecule has 0 bridgehead atoms. The van der Waals surface area contributed by atoms with Crippen LogP contribution in [-0.4, -0.2) is 11.9 Å². The van der Waals surface area contributed by atoms with Crippen molar-refractivity contribution in [1.82, 2.24) is 0 Å². The third-order valence-electron chi connectivity index (χ3n) is 2.66. The van der Waals surface area contributed by atoms with Gasteiger partial charge in [-0.3, -0.25) is 4.79 Å². The van der Waals surface area contributed by atoms with Gasteiger partial charge in [0.15, 0.2) is 0 Å². The highest BCUT2D eigenvalue weighted by Crippen LogP contribution is 2.16. The molecule has 16 heavy (non-hydrogen) atoms. The Labute approximate surface area is 97.0 Å². The molecule has 0 saturated carbocycles. The topological polar surface area (TPSA) is 55.1 Å². The third-order valence-corrected chi connectivity index (χ3v) is 2.66. The summed E-state index contributed by atoms with van der Waals surface area (Å²) in [6.45, 7) is 7.88. The monoisotopic (exact) mass is 220 g/mol. The van der Waals surface area contributed by atoms with Crippen LogP contribution in [0.15, 0.2) is 18.2 Å². The Kier molecular flexibility index (Phi) is 4.07. The predicted molar refractivity (Wildman–Crippen MR) is 67.4 cm³/mol. The van der Waals surface area contributed by atoms with Crippen molar-refractivity contribution in [1.29, 1.82) is 0 Å². The summed E-state index contributed by atoms with van der Waals surface area (Å²) < 4.78 is 0. The molecule has 0 aliphatic rings. The van der Waals surface area contributed by atoms with Crippen molar-refractivity contribution in [3.05, 3.63) is 29.3 Å². The molecule has 1 atom stereocenters. The van der Waals surface area contributed by atoms with E-state index in [-0.39, 0.29) is 11.8 Å². The molecular weight excluding hydrogens is 200 g/mol. The van der Waals surface area contributed by atoms with Crippen LogP contribution in [0.5, 0.6) is 0 Å². The third kappa shape index (κ3) is 3.07. The van der Waals surface area contributed by atoms with Crippen LogP contribution in [0.4, 0.5) is 5.69 Å². The molecule has 3 nitrogen and oxygen atoms in total. The largest absolute Gasteiger partial charge is 0.324 e. The molecule has 0 heterocycles. The van der Waals surface area contributed by atoms with E-state index in [1.807, 2.05) is 45.9 Å². The minimum atomic E-state index is -0.458. The smallest absolute Gasteiger partial charge is 0.241 e. The molecule has 0 aromatic heterocycles. The van der Waals surface area contributed by atoms with Crippen molar-refractivity contribution in [3.63, 3.8) is 0 Å². The standard InChI is InChI=1S/C13H20N2O/c1-8(2)12(14)13(16)15-11-6-5-9(3)7-10(11)4/h5-8,12H,14H2,1-4H3,(H,15,16)/t12-/m0/s1. The number of nitrogens with two attached hydrogens (primary N) is 1. The average molecular weight is 220 g/mol. The molecule has 0 saturated heterocycles. The van der Waals surface area contributed by atoms with E-state index in [1.165, 1.54) is 5.56 Å². The van der Waals surface area contributed by atoms with Gasteiger partial charge in [-0.25, -0.2) is 0 Å². The number of hydrogen-bond acceptors (Lipinski definition) is 2.